The predicted molar refractivity (Wildman–Crippen MR) is 31.6 cm³/mol. The molecule has 0 aliphatic heterocycles. The van der Waals surface area contributed by atoms with E-state index in [1.165, 1.54) is 16.9 Å². The smallest absolute Gasteiger partial charge is 0.247 e. The van der Waals surface area contributed by atoms with Crippen molar-refractivity contribution in [3.63, 3.8) is 0 Å². The van der Waals surface area contributed by atoms with Gasteiger partial charge >= 0.3 is 0 Å². The molecule has 3 nitrogen and oxygen atoms in total. The van der Waals surface area contributed by atoms with E-state index >= 15 is 0 Å². The summed E-state index contributed by atoms with van der Waals surface area (Å²) in [7, 11) is 1.71. The second kappa shape index (κ2) is 2.96. The molecule has 0 spiro atoms. The van der Waals surface area contributed by atoms with Gasteiger partial charge in [-0.25, -0.2) is 4.58 Å². The monoisotopic (exact) mass is 113 g/mol. The highest BCUT2D eigenvalue weighted by Gasteiger charge is 1.83. The average Bonchev–Trinajstić information content (AvgIpc) is 1.61. The summed E-state index contributed by atoms with van der Waals surface area (Å²) >= 11 is 0. The summed E-state index contributed by atoms with van der Waals surface area (Å²) < 4.78 is 1.49. The number of nitrogens with two attached hydrogens (primary N) is 1. The van der Waals surface area contributed by atoms with Gasteiger partial charge in [-0.05, 0) is 0 Å². The molecule has 0 aromatic heterocycles. The number of primary amides is 1. The average molecular weight is 113 g/mol. The fourth-order valence-electron chi connectivity index (χ4n) is 0.201. The summed E-state index contributed by atoms with van der Waals surface area (Å²) in [6.07, 6.45) is 2.73. The zero-order valence-electron chi connectivity index (χ0n) is 4.79. The Hall–Kier alpha value is -1.12. The quantitative estimate of drug-likeness (QED) is 0.288. The fraction of sp³-hybridized carbons (Fsp3) is 0.200. The summed E-state index contributed by atoms with van der Waals surface area (Å²) in [5.41, 5.74) is 4.76. The molecule has 0 radical (unpaired) electrons. The molecule has 0 saturated heterocycles. The minimum Gasteiger partial charge on any atom is -0.366 e. The number of carbonyl (C=O) groups excluding carboxylic acids is 1. The molecule has 0 aliphatic rings. The molecule has 1 amide bonds. The third-order valence-corrected chi connectivity index (χ3v) is 0.493. The van der Waals surface area contributed by atoms with Crippen molar-refractivity contribution in [3.05, 3.63) is 12.3 Å². The van der Waals surface area contributed by atoms with Gasteiger partial charge in [-0.15, -0.1) is 0 Å². The molecule has 0 unspecified atom stereocenters. The van der Waals surface area contributed by atoms with Gasteiger partial charge in [-0.1, -0.05) is 0 Å². The molecule has 0 aromatic rings. The lowest BCUT2D eigenvalue weighted by Crippen LogP contribution is -2.06. The molecule has 0 fully saturated rings. The van der Waals surface area contributed by atoms with E-state index in [0.717, 1.165) is 0 Å². The van der Waals surface area contributed by atoms with Crippen LogP contribution in [0.1, 0.15) is 0 Å². The van der Waals surface area contributed by atoms with Gasteiger partial charge in [-0.3, -0.25) is 4.79 Å². The first-order valence-corrected chi connectivity index (χ1v) is 2.14. The normalized spacial score (nSPS) is 9.62. The Labute approximate surface area is 48.1 Å². The van der Waals surface area contributed by atoms with E-state index in [9.17, 15) is 4.79 Å². The predicted octanol–water partition coefficient (Wildman–Crippen LogP) is -0.672. The molecule has 3 heteroatoms. The lowest BCUT2D eigenvalue weighted by molar-refractivity contribution is -0.411. The maximum atomic E-state index is 9.98. The maximum absolute atomic E-state index is 9.98. The number of carbonyl (C=O) groups is 1. The summed E-state index contributed by atoms with van der Waals surface area (Å²) in [6.45, 7) is 3.45. The highest BCUT2D eigenvalue weighted by molar-refractivity contribution is 5.85. The Bertz CT molecular complexity index is 121. The van der Waals surface area contributed by atoms with E-state index in [-0.39, 0.29) is 0 Å². The molecule has 44 valence electrons. The lowest BCUT2D eigenvalue weighted by atomic mass is 10.6. The van der Waals surface area contributed by atoms with Crippen molar-refractivity contribution in [2.45, 2.75) is 0 Å². The molecule has 0 bridgehead atoms. The molecular weight excluding hydrogens is 104 g/mol. The van der Waals surface area contributed by atoms with Gasteiger partial charge in [0.2, 0.25) is 5.91 Å². The molecule has 0 rings (SSSR count). The van der Waals surface area contributed by atoms with E-state index in [1.807, 2.05) is 0 Å². The van der Waals surface area contributed by atoms with Gasteiger partial charge in [0.25, 0.3) is 0 Å². The van der Waals surface area contributed by atoms with Crippen molar-refractivity contribution in [2.24, 2.45) is 5.73 Å². The first-order chi connectivity index (χ1) is 3.63. The second-order valence-electron chi connectivity index (χ2n) is 1.48. The van der Waals surface area contributed by atoms with Crippen LogP contribution in [0.15, 0.2) is 12.3 Å². The Balaban J connectivity index is 3.67. The van der Waals surface area contributed by atoms with Crippen LogP contribution in [0.2, 0.25) is 0 Å². The molecule has 2 N–H and O–H groups in total. The maximum Gasteiger partial charge on any atom is 0.247 e. The molecule has 0 saturated carbocycles. The summed E-state index contributed by atoms with van der Waals surface area (Å²) in [5, 5.41) is 0. The first kappa shape index (κ1) is 6.88. The van der Waals surface area contributed by atoms with Crippen molar-refractivity contribution in [1.82, 2.24) is 0 Å². The van der Waals surface area contributed by atoms with E-state index in [2.05, 4.69) is 6.72 Å². The Morgan fingerprint density at radius 2 is 2.38 bits per heavy atom. The molecule has 0 heterocycles. The number of nitrogens with zero attached hydrogens (tertiary/aromatic N) is 1. The molecule has 8 heavy (non-hydrogen) atoms. The van der Waals surface area contributed by atoms with Crippen LogP contribution < -0.4 is 5.73 Å². The third-order valence-electron chi connectivity index (χ3n) is 0.493. The molecule has 0 aromatic carbocycles. The molecule has 0 atom stereocenters. The van der Waals surface area contributed by atoms with Crippen LogP contribution in [0.4, 0.5) is 0 Å². The zero-order chi connectivity index (χ0) is 6.57. The van der Waals surface area contributed by atoms with E-state index in [4.69, 9.17) is 5.73 Å². The number of hydrogen-bond acceptors (Lipinski definition) is 1. The molecule has 0 aliphatic carbocycles. The first-order valence-electron chi connectivity index (χ1n) is 2.14. The van der Waals surface area contributed by atoms with E-state index < -0.39 is 5.91 Å². The van der Waals surface area contributed by atoms with Crippen LogP contribution in [0, 0.1) is 0 Å². The number of amides is 1. The number of rotatable bonds is 2. The van der Waals surface area contributed by atoms with Crippen LogP contribution in [-0.4, -0.2) is 24.2 Å². The van der Waals surface area contributed by atoms with Crippen molar-refractivity contribution < 1.29 is 9.37 Å². The van der Waals surface area contributed by atoms with Crippen LogP contribution in [0.3, 0.4) is 0 Å². The zero-order valence-corrected chi connectivity index (χ0v) is 4.79. The van der Waals surface area contributed by atoms with Gasteiger partial charge in [0.1, 0.15) is 13.8 Å². The van der Waals surface area contributed by atoms with Gasteiger partial charge in [0.15, 0.2) is 6.20 Å². The minimum absolute atomic E-state index is 0.458. The minimum atomic E-state index is -0.458. The lowest BCUT2D eigenvalue weighted by Gasteiger charge is -1.77. The highest BCUT2D eigenvalue weighted by atomic mass is 16.1. The van der Waals surface area contributed by atoms with Crippen LogP contribution in [0.5, 0.6) is 0 Å². The van der Waals surface area contributed by atoms with Crippen LogP contribution >= 0.6 is 0 Å². The second-order valence-corrected chi connectivity index (χ2v) is 1.48. The van der Waals surface area contributed by atoms with E-state index in [1.54, 1.807) is 7.05 Å². The topological polar surface area (TPSA) is 46.1 Å². The Kier molecular flexibility index (Phi) is 2.54. The Morgan fingerprint density at radius 1 is 1.88 bits per heavy atom. The van der Waals surface area contributed by atoms with Crippen LogP contribution in [-0.2, 0) is 4.79 Å². The number of hydrogen-bond donors (Lipinski definition) is 1. The summed E-state index contributed by atoms with van der Waals surface area (Å²) in [4.78, 5) is 9.98. The van der Waals surface area contributed by atoms with E-state index in [0.29, 0.717) is 0 Å². The molecular formula is C5H9N2O+. The SMILES string of the molecule is C=[N+](C)C=CC(N)=O. The van der Waals surface area contributed by atoms with Gasteiger partial charge in [-0.2, -0.15) is 0 Å². The standard InChI is InChI=1S/C5H8N2O/c1-7(2)4-3-5(6)8/h3-4H,1H2,2H3,(H-,6,8)/p+1. The van der Waals surface area contributed by atoms with Crippen molar-refractivity contribution >= 4 is 12.6 Å². The fourth-order valence-corrected chi connectivity index (χ4v) is 0.201. The Morgan fingerprint density at radius 3 is 2.50 bits per heavy atom. The van der Waals surface area contributed by atoms with Crippen LogP contribution in [0.25, 0.3) is 0 Å². The highest BCUT2D eigenvalue weighted by Crippen LogP contribution is 1.67. The van der Waals surface area contributed by atoms with Crippen molar-refractivity contribution in [1.29, 1.82) is 0 Å². The van der Waals surface area contributed by atoms with Gasteiger partial charge in [0, 0.05) is 0 Å². The van der Waals surface area contributed by atoms with Gasteiger partial charge in [0.05, 0.1) is 6.08 Å². The van der Waals surface area contributed by atoms with Crippen molar-refractivity contribution in [2.75, 3.05) is 7.05 Å². The summed E-state index contributed by atoms with van der Waals surface area (Å²) in [5.74, 6) is -0.458. The third kappa shape index (κ3) is 4.88. The largest absolute Gasteiger partial charge is 0.366 e. The van der Waals surface area contributed by atoms with Crippen molar-refractivity contribution in [3.8, 4) is 0 Å². The summed E-state index contributed by atoms with van der Waals surface area (Å²) in [6, 6.07) is 0. The van der Waals surface area contributed by atoms with Gasteiger partial charge < -0.3 is 5.73 Å².